The molecular formula is C45H83O11P. The molecule has 5 aliphatic rings. The molecule has 2 unspecified atom stereocenters. The van der Waals surface area contributed by atoms with Gasteiger partial charge in [-0.25, -0.2) is 9.78 Å². The molecule has 0 bridgehead atoms. The molecule has 0 amide bonds. The van der Waals surface area contributed by atoms with Gasteiger partial charge in [0.1, 0.15) is 12.2 Å². The number of aliphatic hydroxyl groups excluding tert-OH is 4. The van der Waals surface area contributed by atoms with Crippen LogP contribution in [0, 0.1) is 46.3 Å². The normalized spacial score (nSPS) is 39.8. The number of unbranched alkanes of at least 4 members (excludes halogenated alkanes) is 13. The molecule has 4 aliphatic carbocycles. The van der Waals surface area contributed by atoms with Gasteiger partial charge in [0.15, 0.2) is 6.29 Å². The summed E-state index contributed by atoms with van der Waals surface area (Å²) in [6, 6.07) is 0. The topological polar surface area (TPSA) is 175 Å². The van der Waals surface area contributed by atoms with Crippen LogP contribution in [0.5, 0.6) is 0 Å². The highest BCUT2D eigenvalue weighted by Gasteiger charge is 2.69. The van der Waals surface area contributed by atoms with Crippen LogP contribution in [-0.2, 0) is 23.8 Å². The second kappa shape index (κ2) is 22.3. The number of ether oxygens (including phenoxy) is 2. The van der Waals surface area contributed by atoms with E-state index in [1.54, 1.807) is 0 Å². The molecule has 1 saturated heterocycles. The summed E-state index contributed by atoms with van der Waals surface area (Å²) >= 11 is 0. The van der Waals surface area contributed by atoms with Gasteiger partial charge in [0.05, 0.1) is 37.2 Å². The minimum atomic E-state index is -4.53. The van der Waals surface area contributed by atoms with E-state index in [2.05, 4.69) is 20.8 Å². The van der Waals surface area contributed by atoms with Gasteiger partial charge in [0.2, 0.25) is 0 Å². The van der Waals surface area contributed by atoms with Crippen molar-refractivity contribution in [2.45, 2.75) is 218 Å². The van der Waals surface area contributed by atoms with E-state index in [0.29, 0.717) is 51.4 Å². The minimum absolute atomic E-state index is 0.0603. The number of rotatable bonds is 25. The largest absolute Gasteiger partial charge is 0.393 e. The van der Waals surface area contributed by atoms with Crippen molar-refractivity contribution in [1.82, 2.24) is 0 Å². The van der Waals surface area contributed by atoms with Gasteiger partial charge in [-0.1, -0.05) is 111 Å². The summed E-state index contributed by atoms with van der Waals surface area (Å²) in [5, 5.41) is 44.4. The Bertz CT molecular complexity index is 1220. The van der Waals surface area contributed by atoms with E-state index >= 15 is 0 Å². The van der Waals surface area contributed by atoms with Crippen LogP contribution in [0.2, 0.25) is 0 Å². The molecule has 0 aromatic rings. The Kier molecular flexibility index (Phi) is 18.7. The molecule has 1 aliphatic heterocycles. The average molecular weight is 831 g/mol. The van der Waals surface area contributed by atoms with Gasteiger partial charge in [-0.15, -0.1) is 0 Å². The monoisotopic (exact) mass is 831 g/mol. The molecule has 0 aromatic heterocycles. The Labute approximate surface area is 344 Å². The summed E-state index contributed by atoms with van der Waals surface area (Å²) in [4.78, 5) is 32.2. The molecule has 0 spiro atoms. The summed E-state index contributed by atoms with van der Waals surface area (Å²) in [7, 11) is -4.53. The lowest BCUT2D eigenvalue weighted by Crippen LogP contribution is -2.65. The second-order valence-electron chi connectivity index (χ2n) is 19.8. The molecule has 1 heterocycles. The molecule has 0 aromatic carbocycles. The molecule has 4 saturated carbocycles. The molecular weight excluding hydrogens is 747 g/mol. The smallest absolute Gasteiger partial charge is 0.329 e. The SMILES string of the molecule is CCCCCCCCCCCCCCCCOO[C@H]1CC(O)O[C@@H]1COCCC[C@@H](C)[C@H]1CC[C@H]2[C@@H]3[C@H](O)C[C@@H]4C[C@H](O)CC(P(=O)(O)O)[C@]4(C)[C@H]3C[C@H](O)[C@]12C. The van der Waals surface area contributed by atoms with E-state index in [-0.39, 0.29) is 42.1 Å². The highest BCUT2D eigenvalue weighted by molar-refractivity contribution is 7.52. The van der Waals surface area contributed by atoms with Crippen molar-refractivity contribution >= 4 is 7.60 Å². The summed E-state index contributed by atoms with van der Waals surface area (Å²) in [6.07, 6.45) is 19.9. The van der Waals surface area contributed by atoms with Crippen molar-refractivity contribution in [2.24, 2.45) is 46.3 Å². The van der Waals surface area contributed by atoms with Gasteiger partial charge in [-0.05, 0) is 104 Å². The zero-order chi connectivity index (χ0) is 41.2. The number of hydrogen-bond acceptors (Lipinski definition) is 9. The Morgan fingerprint density at radius 1 is 0.737 bits per heavy atom. The Hall–Kier alpha value is -0.170. The van der Waals surface area contributed by atoms with E-state index in [4.69, 9.17) is 19.2 Å². The van der Waals surface area contributed by atoms with Gasteiger partial charge in [-0.2, -0.15) is 0 Å². The van der Waals surface area contributed by atoms with Crippen LogP contribution in [0.25, 0.3) is 0 Å². The molecule has 12 heteroatoms. The third-order valence-electron chi connectivity index (χ3n) is 16.2. The fourth-order valence-electron chi connectivity index (χ4n) is 13.0. The summed E-state index contributed by atoms with van der Waals surface area (Å²) in [6.45, 7) is 10.1. The summed E-state index contributed by atoms with van der Waals surface area (Å²) in [5.74, 6) is 0.0794. The first kappa shape index (κ1) is 47.9. The predicted octanol–water partition coefficient (Wildman–Crippen LogP) is 8.44. The summed E-state index contributed by atoms with van der Waals surface area (Å²) < 4.78 is 24.6. The standard InChI is InChI=1S/C45H83O11P/c1-5-6-7-8-9-10-11-12-13-14-15-16-17-18-24-54-56-38-29-42(49)55-39(38)30-53-23-19-20-31(2)34-21-22-35-43-36(28-40(48)45(34,35)4)44(3)32(26-37(43)47)25-33(46)27-41(44)57(50,51)52/h31-43,46-49H,5-30H2,1-4H3,(H2,50,51,52)/t31-,32+,33+,34-,35+,36+,37-,38+,39-,40+,41?,42?,43+,44+,45-/m1/s1. The van der Waals surface area contributed by atoms with Crippen LogP contribution in [0.15, 0.2) is 0 Å². The molecule has 11 nitrogen and oxygen atoms in total. The lowest BCUT2D eigenvalue weighted by Gasteiger charge is -2.65. The number of hydrogen-bond donors (Lipinski definition) is 6. The molecule has 5 rings (SSSR count). The molecule has 6 N–H and O–H groups in total. The van der Waals surface area contributed by atoms with Crippen LogP contribution in [-0.4, -0.2) is 92.5 Å². The zero-order valence-corrected chi connectivity index (χ0v) is 37.0. The summed E-state index contributed by atoms with van der Waals surface area (Å²) in [5.41, 5.74) is -2.13. The first-order valence-electron chi connectivity index (χ1n) is 23.5. The van der Waals surface area contributed by atoms with Gasteiger partial charge in [0.25, 0.3) is 0 Å². The maximum absolute atomic E-state index is 12.9. The third-order valence-corrected chi connectivity index (χ3v) is 17.8. The van der Waals surface area contributed by atoms with Crippen LogP contribution < -0.4 is 0 Å². The van der Waals surface area contributed by atoms with Crippen molar-refractivity contribution in [3.05, 3.63) is 0 Å². The van der Waals surface area contributed by atoms with Crippen LogP contribution in [0.4, 0.5) is 0 Å². The third kappa shape index (κ3) is 11.9. The van der Waals surface area contributed by atoms with Crippen LogP contribution in [0.1, 0.15) is 175 Å². The van der Waals surface area contributed by atoms with Crippen molar-refractivity contribution in [1.29, 1.82) is 0 Å². The van der Waals surface area contributed by atoms with Gasteiger partial charge in [0, 0.05) is 13.0 Å². The molecule has 15 atom stereocenters. The van der Waals surface area contributed by atoms with Crippen LogP contribution in [0.3, 0.4) is 0 Å². The number of aliphatic hydroxyl groups is 4. The fourth-order valence-corrected chi connectivity index (χ4v) is 14.7. The lowest BCUT2D eigenvalue weighted by molar-refractivity contribution is -0.332. The van der Waals surface area contributed by atoms with Crippen LogP contribution >= 0.6 is 7.60 Å². The van der Waals surface area contributed by atoms with Gasteiger partial charge in [-0.3, -0.25) is 4.57 Å². The predicted molar refractivity (Wildman–Crippen MR) is 221 cm³/mol. The van der Waals surface area contributed by atoms with E-state index in [0.717, 1.165) is 38.5 Å². The molecule has 334 valence electrons. The van der Waals surface area contributed by atoms with E-state index in [1.165, 1.54) is 77.0 Å². The van der Waals surface area contributed by atoms with Gasteiger partial charge < -0.3 is 39.7 Å². The van der Waals surface area contributed by atoms with Crippen molar-refractivity contribution in [3.8, 4) is 0 Å². The van der Waals surface area contributed by atoms with Gasteiger partial charge >= 0.3 is 7.60 Å². The van der Waals surface area contributed by atoms with Crippen molar-refractivity contribution < 1.29 is 54.0 Å². The molecule has 5 fully saturated rings. The number of fused-ring (bicyclic) bond motifs is 5. The zero-order valence-electron chi connectivity index (χ0n) is 36.1. The average Bonchev–Trinajstić information content (AvgIpc) is 3.70. The quantitative estimate of drug-likeness (QED) is 0.0225. The van der Waals surface area contributed by atoms with E-state index in [1.807, 2.05) is 6.92 Å². The highest BCUT2D eigenvalue weighted by atomic mass is 31.2. The molecule has 57 heavy (non-hydrogen) atoms. The minimum Gasteiger partial charge on any atom is -0.393 e. The Morgan fingerprint density at radius 2 is 1.37 bits per heavy atom. The first-order valence-corrected chi connectivity index (χ1v) is 25.2. The Balaban J connectivity index is 0.977. The molecule has 0 radical (unpaired) electrons. The maximum Gasteiger partial charge on any atom is 0.329 e. The highest BCUT2D eigenvalue weighted by Crippen LogP contribution is 2.71. The lowest BCUT2D eigenvalue weighted by atomic mass is 9.43. The van der Waals surface area contributed by atoms with Crippen molar-refractivity contribution in [3.63, 3.8) is 0 Å². The van der Waals surface area contributed by atoms with Crippen molar-refractivity contribution in [2.75, 3.05) is 19.8 Å². The second-order valence-corrected chi connectivity index (χ2v) is 21.6. The van der Waals surface area contributed by atoms with E-state index in [9.17, 15) is 34.8 Å². The van der Waals surface area contributed by atoms with E-state index < -0.39 is 54.8 Å². The fraction of sp³-hybridized carbons (Fsp3) is 1.00. The Morgan fingerprint density at radius 3 is 2.00 bits per heavy atom. The maximum atomic E-state index is 12.9. The first-order chi connectivity index (χ1) is 27.2.